The predicted molar refractivity (Wildman–Crippen MR) is 121 cm³/mol. The highest BCUT2D eigenvalue weighted by molar-refractivity contribution is 6.08. The van der Waals surface area contributed by atoms with Crippen molar-refractivity contribution in [3.05, 3.63) is 52.7 Å². The molecule has 168 valence electrons. The Bertz CT molecular complexity index is 1140. The molecule has 0 unspecified atom stereocenters. The van der Waals surface area contributed by atoms with E-state index in [1.54, 1.807) is 6.07 Å². The molecule has 3 N–H and O–H groups in total. The first-order chi connectivity index (χ1) is 15.6. The number of amides is 2. The lowest BCUT2D eigenvalue weighted by molar-refractivity contribution is 0.0847. The SMILES string of the molecule is COc1cc(C(=O)NNC(=O)c2cccc3c4c([nH]c23)CCCCC4)cc(OC)c1OC. The van der Waals surface area contributed by atoms with Gasteiger partial charge < -0.3 is 19.2 Å². The van der Waals surface area contributed by atoms with Crippen molar-refractivity contribution in [2.75, 3.05) is 21.3 Å². The standard InChI is InChI=1S/C24H27N3O5/c1-30-19-12-14(13-20(31-2)22(19)32-3)23(28)26-27-24(29)17-10-7-9-16-15-8-5-4-6-11-18(15)25-21(16)17/h7,9-10,12-13,25H,4-6,8,11H2,1-3H3,(H,26,28)(H,27,29). The normalized spacial score (nSPS) is 13.1. The second-order valence-corrected chi connectivity index (χ2v) is 7.69. The molecule has 1 aliphatic carbocycles. The molecule has 1 aromatic heterocycles. The topological polar surface area (TPSA) is 102 Å². The lowest BCUT2D eigenvalue weighted by atomic mass is 10.0. The lowest BCUT2D eigenvalue weighted by Gasteiger charge is -2.14. The van der Waals surface area contributed by atoms with Crippen molar-refractivity contribution < 1.29 is 23.8 Å². The van der Waals surface area contributed by atoms with E-state index < -0.39 is 11.8 Å². The Balaban J connectivity index is 1.54. The zero-order valence-electron chi connectivity index (χ0n) is 18.5. The van der Waals surface area contributed by atoms with Gasteiger partial charge >= 0.3 is 0 Å². The number of aromatic amines is 1. The minimum absolute atomic E-state index is 0.254. The van der Waals surface area contributed by atoms with Crippen molar-refractivity contribution in [2.24, 2.45) is 0 Å². The van der Waals surface area contributed by atoms with Gasteiger partial charge in [0, 0.05) is 16.6 Å². The Morgan fingerprint density at radius 2 is 1.56 bits per heavy atom. The fraction of sp³-hybridized carbons (Fsp3) is 0.333. The second kappa shape index (κ2) is 9.21. The van der Waals surface area contributed by atoms with Gasteiger partial charge in [0.25, 0.3) is 11.8 Å². The molecule has 0 atom stereocenters. The van der Waals surface area contributed by atoms with Crippen LogP contribution < -0.4 is 25.1 Å². The maximum absolute atomic E-state index is 12.9. The summed E-state index contributed by atoms with van der Waals surface area (Å²) in [5, 5.41) is 1.07. The van der Waals surface area contributed by atoms with Gasteiger partial charge in [-0.1, -0.05) is 18.6 Å². The molecule has 0 saturated heterocycles. The Morgan fingerprint density at radius 1 is 0.875 bits per heavy atom. The van der Waals surface area contributed by atoms with Crippen molar-refractivity contribution >= 4 is 22.7 Å². The second-order valence-electron chi connectivity index (χ2n) is 7.69. The van der Waals surface area contributed by atoms with Crippen molar-refractivity contribution in [3.63, 3.8) is 0 Å². The largest absolute Gasteiger partial charge is 0.493 e. The number of aryl methyl sites for hydroxylation is 2. The molecular formula is C24H27N3O5. The molecule has 0 fully saturated rings. The number of hydrogen-bond donors (Lipinski definition) is 3. The summed E-state index contributed by atoms with van der Waals surface area (Å²) in [6.07, 6.45) is 5.52. The van der Waals surface area contributed by atoms with Crippen LogP contribution in [0.4, 0.5) is 0 Å². The predicted octanol–water partition coefficient (Wildman–Crippen LogP) is 3.54. The summed E-state index contributed by atoms with van der Waals surface area (Å²) < 4.78 is 15.8. The van der Waals surface area contributed by atoms with E-state index in [4.69, 9.17) is 14.2 Å². The molecule has 0 aliphatic heterocycles. The number of carbonyl (C=O) groups is 2. The number of aromatic nitrogens is 1. The summed E-state index contributed by atoms with van der Waals surface area (Å²) in [6.45, 7) is 0. The Morgan fingerprint density at radius 3 is 2.25 bits per heavy atom. The van der Waals surface area contributed by atoms with Crippen LogP contribution in [0.5, 0.6) is 17.2 Å². The molecule has 8 heteroatoms. The van der Waals surface area contributed by atoms with Crippen LogP contribution in [0.15, 0.2) is 30.3 Å². The van der Waals surface area contributed by atoms with Crippen LogP contribution in [0.25, 0.3) is 10.9 Å². The molecule has 1 heterocycles. The number of ether oxygens (including phenoxy) is 3. The van der Waals surface area contributed by atoms with Crippen molar-refractivity contribution in [3.8, 4) is 17.2 Å². The monoisotopic (exact) mass is 437 g/mol. The fourth-order valence-corrected chi connectivity index (χ4v) is 4.26. The summed E-state index contributed by atoms with van der Waals surface area (Å²) in [6, 6.07) is 8.70. The summed E-state index contributed by atoms with van der Waals surface area (Å²) >= 11 is 0. The van der Waals surface area contributed by atoms with E-state index in [-0.39, 0.29) is 5.56 Å². The van der Waals surface area contributed by atoms with E-state index in [1.807, 2.05) is 12.1 Å². The van der Waals surface area contributed by atoms with Gasteiger partial charge in [-0.05, 0) is 49.4 Å². The van der Waals surface area contributed by atoms with Gasteiger partial charge in [-0.2, -0.15) is 0 Å². The van der Waals surface area contributed by atoms with Crippen LogP contribution in [-0.2, 0) is 12.8 Å². The number of para-hydroxylation sites is 1. The molecule has 0 radical (unpaired) electrons. The van der Waals surface area contributed by atoms with Gasteiger partial charge in [-0.25, -0.2) is 0 Å². The van der Waals surface area contributed by atoms with E-state index in [2.05, 4.69) is 15.8 Å². The van der Waals surface area contributed by atoms with Gasteiger partial charge in [0.1, 0.15) is 0 Å². The van der Waals surface area contributed by atoms with Crippen LogP contribution >= 0.6 is 0 Å². The number of rotatable bonds is 5. The van der Waals surface area contributed by atoms with Crippen molar-refractivity contribution in [1.82, 2.24) is 15.8 Å². The highest BCUT2D eigenvalue weighted by atomic mass is 16.5. The van der Waals surface area contributed by atoms with Crippen LogP contribution in [0.3, 0.4) is 0 Å². The molecule has 0 bridgehead atoms. The third-order valence-electron chi connectivity index (χ3n) is 5.84. The number of H-pyrrole nitrogens is 1. The van der Waals surface area contributed by atoms with Gasteiger partial charge in [-0.15, -0.1) is 0 Å². The van der Waals surface area contributed by atoms with E-state index in [1.165, 1.54) is 51.1 Å². The van der Waals surface area contributed by atoms with E-state index in [0.717, 1.165) is 36.6 Å². The molecule has 2 amide bonds. The summed E-state index contributed by atoms with van der Waals surface area (Å²) in [4.78, 5) is 29.0. The maximum Gasteiger partial charge on any atom is 0.271 e. The van der Waals surface area contributed by atoms with E-state index in [9.17, 15) is 9.59 Å². The molecule has 4 rings (SSSR count). The van der Waals surface area contributed by atoms with Crippen LogP contribution in [0, 0.1) is 0 Å². The van der Waals surface area contributed by atoms with Gasteiger partial charge in [0.15, 0.2) is 11.5 Å². The van der Waals surface area contributed by atoms with Crippen molar-refractivity contribution in [2.45, 2.75) is 32.1 Å². The Hall–Kier alpha value is -3.68. The highest BCUT2D eigenvalue weighted by Gasteiger charge is 2.20. The number of hydrogen-bond acceptors (Lipinski definition) is 5. The minimum atomic E-state index is -0.507. The summed E-state index contributed by atoms with van der Waals surface area (Å²) in [5.41, 5.74) is 9.04. The Kier molecular flexibility index (Phi) is 6.20. The Labute approximate surface area is 186 Å². The zero-order valence-corrected chi connectivity index (χ0v) is 18.5. The third kappa shape index (κ3) is 3.95. The molecule has 0 spiro atoms. The molecule has 3 aromatic rings. The number of methoxy groups -OCH3 is 3. The smallest absolute Gasteiger partial charge is 0.271 e. The molecular weight excluding hydrogens is 410 g/mol. The van der Waals surface area contributed by atoms with Crippen LogP contribution in [-0.4, -0.2) is 38.1 Å². The molecule has 32 heavy (non-hydrogen) atoms. The molecule has 8 nitrogen and oxygen atoms in total. The van der Waals surface area contributed by atoms with Crippen molar-refractivity contribution in [1.29, 1.82) is 0 Å². The average Bonchev–Trinajstić information content (AvgIpc) is 3.01. The van der Waals surface area contributed by atoms with Gasteiger partial charge in [-0.3, -0.25) is 20.4 Å². The first kappa shape index (κ1) is 21.5. The number of fused-ring (bicyclic) bond motifs is 3. The van der Waals surface area contributed by atoms with E-state index in [0.29, 0.717) is 22.8 Å². The zero-order chi connectivity index (χ0) is 22.7. The number of nitrogens with one attached hydrogen (secondary N) is 3. The fourth-order valence-electron chi connectivity index (χ4n) is 4.26. The van der Waals surface area contributed by atoms with E-state index >= 15 is 0 Å². The minimum Gasteiger partial charge on any atom is -0.493 e. The first-order valence-electron chi connectivity index (χ1n) is 10.6. The third-order valence-corrected chi connectivity index (χ3v) is 5.84. The summed E-state index contributed by atoms with van der Waals surface area (Å²) in [5.74, 6) is 0.176. The van der Waals surface area contributed by atoms with Gasteiger partial charge in [0.05, 0.1) is 32.4 Å². The summed E-state index contributed by atoms with van der Waals surface area (Å²) in [7, 11) is 4.43. The average molecular weight is 437 g/mol. The number of benzene rings is 2. The highest BCUT2D eigenvalue weighted by Crippen LogP contribution is 2.38. The quantitative estimate of drug-likeness (QED) is 0.419. The lowest BCUT2D eigenvalue weighted by Crippen LogP contribution is -2.41. The molecule has 2 aromatic carbocycles. The first-order valence-corrected chi connectivity index (χ1v) is 10.6. The van der Waals surface area contributed by atoms with Crippen LogP contribution in [0.1, 0.15) is 51.2 Å². The molecule has 0 saturated carbocycles. The molecule has 1 aliphatic rings. The number of carbonyl (C=O) groups excluding carboxylic acids is 2. The maximum atomic E-state index is 12.9. The number of hydrazine groups is 1. The van der Waals surface area contributed by atoms with Crippen LogP contribution in [0.2, 0.25) is 0 Å². The van der Waals surface area contributed by atoms with Gasteiger partial charge in [0.2, 0.25) is 5.75 Å².